The first-order chi connectivity index (χ1) is 12.2. The maximum Gasteiger partial charge on any atom is 0.223 e. The molecule has 1 aliphatic heterocycles. The van der Waals surface area contributed by atoms with E-state index in [0.717, 1.165) is 44.2 Å². The van der Waals surface area contributed by atoms with Crippen LogP contribution in [0, 0.1) is 5.92 Å². The van der Waals surface area contributed by atoms with Crippen LogP contribution in [-0.4, -0.2) is 30.4 Å². The van der Waals surface area contributed by atoms with Crippen molar-refractivity contribution in [1.29, 1.82) is 0 Å². The van der Waals surface area contributed by atoms with Gasteiger partial charge >= 0.3 is 0 Å². The maximum atomic E-state index is 12.0. The van der Waals surface area contributed by atoms with Gasteiger partial charge in [-0.25, -0.2) is 0 Å². The number of carbonyl (C=O) groups is 1. The Kier molecular flexibility index (Phi) is 6.24. The fraction of sp³-hybridized carbons (Fsp3) is 0.409. The van der Waals surface area contributed by atoms with E-state index in [9.17, 15) is 4.79 Å². The van der Waals surface area contributed by atoms with Crippen molar-refractivity contribution < 1.29 is 4.79 Å². The summed E-state index contributed by atoms with van der Waals surface area (Å²) in [7, 11) is 0. The van der Waals surface area contributed by atoms with Crippen LogP contribution in [0.25, 0.3) is 0 Å². The number of likely N-dealkylation sites (tertiary alicyclic amines) is 1. The maximum absolute atomic E-state index is 12.0. The minimum absolute atomic E-state index is 0.132. The van der Waals surface area contributed by atoms with Crippen LogP contribution in [-0.2, 0) is 11.3 Å². The number of rotatable bonds is 6. The van der Waals surface area contributed by atoms with Gasteiger partial charge < -0.3 is 4.90 Å². The molecule has 0 N–H and O–H groups in total. The van der Waals surface area contributed by atoms with E-state index in [0.29, 0.717) is 0 Å². The quantitative estimate of drug-likeness (QED) is 0.783. The van der Waals surface area contributed by atoms with Gasteiger partial charge in [-0.1, -0.05) is 48.5 Å². The van der Waals surface area contributed by atoms with Crippen LogP contribution >= 0.6 is 0 Å². The molecule has 1 saturated heterocycles. The fourth-order valence-corrected chi connectivity index (χ4v) is 3.66. The van der Waals surface area contributed by atoms with Crippen LogP contribution in [0.3, 0.4) is 0 Å². The monoisotopic (exact) mass is 336 g/mol. The van der Waals surface area contributed by atoms with Gasteiger partial charge in [-0.05, 0) is 56.0 Å². The highest BCUT2D eigenvalue weighted by atomic mass is 16.2. The van der Waals surface area contributed by atoms with Gasteiger partial charge in [0.05, 0.1) is 0 Å². The number of amides is 1. The zero-order valence-corrected chi connectivity index (χ0v) is 15.1. The standard InChI is InChI=1S/C22H28N2O/c1-19(25)24(22-10-6-3-7-11-22)17-14-20-12-15-23(16-13-20)18-21-8-4-2-5-9-21/h2-11,20H,12-18H2,1H3. The highest BCUT2D eigenvalue weighted by molar-refractivity contribution is 5.91. The smallest absolute Gasteiger partial charge is 0.223 e. The Bertz CT molecular complexity index is 648. The second-order valence-electron chi connectivity index (χ2n) is 7.00. The predicted octanol–water partition coefficient (Wildman–Crippen LogP) is 4.34. The molecule has 3 nitrogen and oxygen atoms in total. The molecule has 1 aliphatic rings. The first-order valence-electron chi connectivity index (χ1n) is 9.32. The van der Waals surface area contributed by atoms with Crippen LogP contribution in [0.1, 0.15) is 31.7 Å². The third-order valence-electron chi connectivity index (χ3n) is 5.17. The largest absolute Gasteiger partial charge is 0.313 e. The minimum Gasteiger partial charge on any atom is -0.313 e. The minimum atomic E-state index is 0.132. The average molecular weight is 336 g/mol. The molecule has 2 aromatic carbocycles. The second kappa shape index (κ2) is 8.82. The van der Waals surface area contributed by atoms with E-state index in [2.05, 4.69) is 35.2 Å². The molecule has 1 amide bonds. The Balaban J connectivity index is 1.46. The Labute approximate surface area is 151 Å². The summed E-state index contributed by atoms with van der Waals surface area (Å²) in [5.74, 6) is 0.852. The lowest BCUT2D eigenvalue weighted by Crippen LogP contribution is -2.36. The summed E-state index contributed by atoms with van der Waals surface area (Å²) >= 11 is 0. The Morgan fingerprint density at radius 2 is 1.60 bits per heavy atom. The molecule has 3 heteroatoms. The van der Waals surface area contributed by atoms with Gasteiger partial charge in [0.25, 0.3) is 0 Å². The second-order valence-corrected chi connectivity index (χ2v) is 7.00. The first kappa shape index (κ1) is 17.7. The molecule has 3 rings (SSSR count). The lowest BCUT2D eigenvalue weighted by molar-refractivity contribution is -0.116. The summed E-state index contributed by atoms with van der Waals surface area (Å²) in [5.41, 5.74) is 2.41. The highest BCUT2D eigenvalue weighted by Crippen LogP contribution is 2.23. The van der Waals surface area contributed by atoms with Crippen molar-refractivity contribution in [3.8, 4) is 0 Å². The van der Waals surface area contributed by atoms with Gasteiger partial charge in [0.1, 0.15) is 0 Å². The number of para-hydroxylation sites is 1. The lowest BCUT2D eigenvalue weighted by Gasteiger charge is -2.33. The van der Waals surface area contributed by atoms with Crippen LogP contribution in [0.2, 0.25) is 0 Å². The zero-order chi connectivity index (χ0) is 17.5. The van der Waals surface area contributed by atoms with Crippen LogP contribution < -0.4 is 4.90 Å². The number of nitrogens with zero attached hydrogens (tertiary/aromatic N) is 2. The summed E-state index contributed by atoms with van der Waals surface area (Å²) in [6.07, 6.45) is 3.55. The van der Waals surface area contributed by atoms with E-state index in [4.69, 9.17) is 0 Å². The van der Waals surface area contributed by atoms with Gasteiger partial charge in [-0.15, -0.1) is 0 Å². The normalized spacial score (nSPS) is 15.9. The molecular weight excluding hydrogens is 308 g/mol. The molecule has 0 spiro atoms. The van der Waals surface area contributed by atoms with E-state index in [-0.39, 0.29) is 5.91 Å². The summed E-state index contributed by atoms with van der Waals surface area (Å²) in [4.78, 5) is 16.5. The van der Waals surface area contributed by atoms with Crippen LogP contribution in [0.15, 0.2) is 60.7 Å². The summed E-state index contributed by atoms with van der Waals surface area (Å²) in [6, 6.07) is 20.7. The van der Waals surface area contributed by atoms with Crippen molar-refractivity contribution in [3.63, 3.8) is 0 Å². The van der Waals surface area contributed by atoms with Gasteiger partial charge in [-0.2, -0.15) is 0 Å². The molecule has 1 fully saturated rings. The third-order valence-corrected chi connectivity index (χ3v) is 5.17. The first-order valence-corrected chi connectivity index (χ1v) is 9.32. The SMILES string of the molecule is CC(=O)N(CCC1CCN(Cc2ccccc2)CC1)c1ccccc1. The molecule has 25 heavy (non-hydrogen) atoms. The molecule has 0 unspecified atom stereocenters. The lowest BCUT2D eigenvalue weighted by atomic mass is 9.93. The molecule has 132 valence electrons. The Hall–Kier alpha value is -2.13. The van der Waals surface area contributed by atoms with Gasteiger partial charge in [-0.3, -0.25) is 9.69 Å². The third kappa shape index (κ3) is 5.17. The van der Waals surface area contributed by atoms with E-state index >= 15 is 0 Å². The van der Waals surface area contributed by atoms with Crippen molar-refractivity contribution in [2.75, 3.05) is 24.5 Å². The van der Waals surface area contributed by atoms with Crippen molar-refractivity contribution in [3.05, 3.63) is 66.2 Å². The average Bonchev–Trinajstić information content (AvgIpc) is 2.65. The number of hydrogen-bond acceptors (Lipinski definition) is 2. The summed E-state index contributed by atoms with van der Waals surface area (Å²) < 4.78 is 0. The van der Waals surface area contributed by atoms with Crippen LogP contribution in [0.5, 0.6) is 0 Å². The van der Waals surface area contributed by atoms with Crippen LogP contribution in [0.4, 0.5) is 5.69 Å². The molecule has 2 aromatic rings. The van der Waals surface area contributed by atoms with Crippen molar-refractivity contribution in [2.45, 2.75) is 32.7 Å². The Morgan fingerprint density at radius 1 is 1.00 bits per heavy atom. The van der Waals surface area contributed by atoms with E-state index in [1.54, 1.807) is 6.92 Å². The van der Waals surface area contributed by atoms with Gasteiger partial charge in [0.15, 0.2) is 0 Å². The fourth-order valence-electron chi connectivity index (χ4n) is 3.66. The molecule has 0 aliphatic carbocycles. The van der Waals surface area contributed by atoms with Gasteiger partial charge in [0.2, 0.25) is 5.91 Å². The molecule has 0 atom stereocenters. The molecule has 0 saturated carbocycles. The highest BCUT2D eigenvalue weighted by Gasteiger charge is 2.21. The zero-order valence-electron chi connectivity index (χ0n) is 15.1. The van der Waals surface area contributed by atoms with Crippen molar-refractivity contribution in [2.24, 2.45) is 5.92 Å². The number of benzene rings is 2. The number of anilines is 1. The van der Waals surface area contributed by atoms with Gasteiger partial charge in [0, 0.05) is 25.7 Å². The number of piperidine rings is 1. The molecule has 0 aromatic heterocycles. The molecular formula is C22H28N2O. The predicted molar refractivity (Wildman–Crippen MR) is 104 cm³/mol. The number of hydrogen-bond donors (Lipinski definition) is 0. The summed E-state index contributed by atoms with van der Waals surface area (Å²) in [5, 5.41) is 0. The molecule has 0 radical (unpaired) electrons. The van der Waals surface area contributed by atoms with E-state index in [1.165, 1.54) is 18.4 Å². The summed E-state index contributed by atoms with van der Waals surface area (Å²) in [6.45, 7) is 5.85. The molecule has 1 heterocycles. The topological polar surface area (TPSA) is 23.6 Å². The molecule has 0 bridgehead atoms. The van der Waals surface area contributed by atoms with Crippen molar-refractivity contribution >= 4 is 11.6 Å². The van der Waals surface area contributed by atoms with Crippen molar-refractivity contribution in [1.82, 2.24) is 4.90 Å². The Morgan fingerprint density at radius 3 is 2.20 bits per heavy atom. The number of carbonyl (C=O) groups excluding carboxylic acids is 1. The van der Waals surface area contributed by atoms with E-state index in [1.807, 2.05) is 35.2 Å². The van der Waals surface area contributed by atoms with E-state index < -0.39 is 0 Å².